The lowest BCUT2D eigenvalue weighted by atomic mass is 10.0. The highest BCUT2D eigenvalue weighted by Gasteiger charge is 2.40. The summed E-state index contributed by atoms with van der Waals surface area (Å²) < 4.78 is 0.722. The normalized spacial score (nSPS) is 18.3. The number of thiocarbonyl (C=S) groups is 1. The number of rotatable bonds is 6. The summed E-state index contributed by atoms with van der Waals surface area (Å²) in [7, 11) is 0. The molecule has 2 aromatic heterocycles. The van der Waals surface area contributed by atoms with Crippen LogP contribution in [-0.4, -0.2) is 27.4 Å². The van der Waals surface area contributed by atoms with E-state index >= 15 is 0 Å². The van der Waals surface area contributed by atoms with Gasteiger partial charge in [0.05, 0.1) is 22.1 Å². The van der Waals surface area contributed by atoms with Crippen molar-refractivity contribution in [2.75, 3.05) is 11.9 Å². The van der Waals surface area contributed by atoms with Crippen LogP contribution in [0.3, 0.4) is 0 Å². The predicted octanol–water partition coefficient (Wildman–Crippen LogP) is 5.11. The molecule has 0 unspecified atom stereocenters. The Morgan fingerprint density at radius 2 is 2.03 bits per heavy atom. The molecule has 3 aromatic rings. The van der Waals surface area contributed by atoms with E-state index in [1.165, 1.54) is 11.3 Å². The van der Waals surface area contributed by atoms with Crippen LogP contribution in [0.2, 0.25) is 4.34 Å². The van der Waals surface area contributed by atoms with Gasteiger partial charge in [0.25, 0.3) is 0 Å². The molecule has 0 saturated carbocycles. The van der Waals surface area contributed by atoms with Crippen molar-refractivity contribution < 1.29 is 4.79 Å². The van der Waals surface area contributed by atoms with Gasteiger partial charge < -0.3 is 15.5 Å². The number of hydrogen-bond acceptors (Lipinski definition) is 4. The first-order valence-electron chi connectivity index (χ1n) is 9.61. The van der Waals surface area contributed by atoms with Crippen LogP contribution in [0.25, 0.3) is 0 Å². The molecule has 154 valence electrons. The molecule has 1 amide bonds. The van der Waals surface area contributed by atoms with Crippen molar-refractivity contribution >= 4 is 51.9 Å². The van der Waals surface area contributed by atoms with E-state index in [0.717, 1.165) is 26.2 Å². The third-order valence-electron chi connectivity index (χ3n) is 5.08. The SMILES string of the molecule is Cc1ccccc1NC(=O)CCN1C(=S)N[C@H](c2ccccn2)[C@H]1c1ccc(Cl)s1. The predicted molar refractivity (Wildman–Crippen MR) is 126 cm³/mol. The maximum absolute atomic E-state index is 12.6. The fourth-order valence-corrected chi connectivity index (χ4v) is 5.13. The summed E-state index contributed by atoms with van der Waals surface area (Å²) in [5.74, 6) is -0.0450. The van der Waals surface area contributed by atoms with Gasteiger partial charge in [-0.3, -0.25) is 9.78 Å². The van der Waals surface area contributed by atoms with E-state index in [-0.39, 0.29) is 18.0 Å². The first-order chi connectivity index (χ1) is 14.5. The smallest absolute Gasteiger partial charge is 0.226 e. The van der Waals surface area contributed by atoms with Crippen molar-refractivity contribution in [3.8, 4) is 0 Å². The number of amides is 1. The van der Waals surface area contributed by atoms with Crippen molar-refractivity contribution in [3.63, 3.8) is 0 Å². The molecule has 2 N–H and O–H groups in total. The number of carbonyl (C=O) groups is 1. The molecule has 1 aliphatic heterocycles. The number of aromatic nitrogens is 1. The number of aryl methyl sites for hydroxylation is 1. The second-order valence-electron chi connectivity index (χ2n) is 7.07. The maximum Gasteiger partial charge on any atom is 0.226 e. The van der Waals surface area contributed by atoms with Gasteiger partial charge in [-0.2, -0.15) is 0 Å². The lowest BCUT2D eigenvalue weighted by Gasteiger charge is -2.26. The number of hydrogen-bond donors (Lipinski definition) is 2. The number of nitrogens with one attached hydrogen (secondary N) is 2. The lowest BCUT2D eigenvalue weighted by Crippen LogP contribution is -2.32. The summed E-state index contributed by atoms with van der Waals surface area (Å²) in [5.41, 5.74) is 2.77. The molecule has 0 aliphatic carbocycles. The summed E-state index contributed by atoms with van der Waals surface area (Å²) in [4.78, 5) is 20.3. The second kappa shape index (κ2) is 9.12. The minimum atomic E-state index is -0.104. The van der Waals surface area contributed by atoms with Gasteiger partial charge in [-0.1, -0.05) is 35.9 Å². The van der Waals surface area contributed by atoms with Crippen LogP contribution in [0.15, 0.2) is 60.8 Å². The molecule has 0 spiro atoms. The molecule has 4 rings (SSSR count). The number of halogens is 1. The molecule has 0 bridgehead atoms. The monoisotopic (exact) mass is 456 g/mol. The highest BCUT2D eigenvalue weighted by Crippen LogP contribution is 2.42. The molecule has 1 saturated heterocycles. The molecule has 0 radical (unpaired) electrons. The molecule has 30 heavy (non-hydrogen) atoms. The fraction of sp³-hybridized carbons (Fsp3) is 0.227. The zero-order chi connectivity index (χ0) is 21.1. The van der Waals surface area contributed by atoms with E-state index in [9.17, 15) is 4.79 Å². The van der Waals surface area contributed by atoms with E-state index < -0.39 is 0 Å². The molecular formula is C22H21ClN4OS2. The summed E-state index contributed by atoms with van der Waals surface area (Å²) in [6.07, 6.45) is 2.09. The highest BCUT2D eigenvalue weighted by molar-refractivity contribution is 7.80. The van der Waals surface area contributed by atoms with Gasteiger partial charge in [-0.25, -0.2) is 0 Å². The zero-order valence-corrected chi connectivity index (χ0v) is 18.7. The van der Waals surface area contributed by atoms with Gasteiger partial charge in [-0.15, -0.1) is 11.3 Å². The number of benzene rings is 1. The Morgan fingerprint density at radius 1 is 1.23 bits per heavy atom. The molecule has 3 heterocycles. The average molecular weight is 457 g/mol. The average Bonchev–Trinajstić information content (AvgIpc) is 3.31. The van der Waals surface area contributed by atoms with Crippen LogP contribution in [0.1, 0.15) is 34.6 Å². The van der Waals surface area contributed by atoms with E-state index in [4.69, 9.17) is 23.8 Å². The second-order valence-corrected chi connectivity index (χ2v) is 9.21. The Morgan fingerprint density at radius 3 is 2.73 bits per heavy atom. The van der Waals surface area contributed by atoms with Gasteiger partial charge >= 0.3 is 0 Å². The Kier molecular flexibility index (Phi) is 6.32. The van der Waals surface area contributed by atoms with Crippen LogP contribution in [0.4, 0.5) is 5.69 Å². The summed E-state index contributed by atoms with van der Waals surface area (Å²) in [5, 5.41) is 6.99. The zero-order valence-electron chi connectivity index (χ0n) is 16.3. The number of pyridine rings is 1. The maximum atomic E-state index is 12.6. The Balaban J connectivity index is 1.52. The van der Waals surface area contributed by atoms with Crippen molar-refractivity contribution in [1.82, 2.24) is 15.2 Å². The summed E-state index contributed by atoms with van der Waals surface area (Å²) in [6, 6.07) is 17.3. The Hall–Kier alpha value is -2.48. The number of para-hydroxylation sites is 1. The third-order valence-corrected chi connectivity index (χ3v) is 6.74. The molecule has 1 aromatic carbocycles. The summed E-state index contributed by atoms with van der Waals surface area (Å²) >= 11 is 13.4. The molecular weight excluding hydrogens is 436 g/mol. The number of carbonyl (C=O) groups excluding carboxylic acids is 1. The third kappa shape index (κ3) is 4.48. The molecule has 1 fully saturated rings. The van der Waals surface area contributed by atoms with Gasteiger partial charge in [0.15, 0.2) is 5.11 Å². The quantitative estimate of drug-likeness (QED) is 0.505. The highest BCUT2D eigenvalue weighted by atomic mass is 35.5. The van der Waals surface area contributed by atoms with Crippen molar-refractivity contribution in [3.05, 3.63) is 81.3 Å². The van der Waals surface area contributed by atoms with Crippen LogP contribution in [0, 0.1) is 6.92 Å². The molecule has 8 heteroatoms. The Labute approximate surface area is 190 Å². The van der Waals surface area contributed by atoms with Crippen LogP contribution in [-0.2, 0) is 4.79 Å². The number of thiophene rings is 1. The van der Waals surface area contributed by atoms with Crippen molar-refractivity contribution in [1.29, 1.82) is 0 Å². The van der Waals surface area contributed by atoms with Crippen molar-refractivity contribution in [2.24, 2.45) is 0 Å². The standard InChI is InChI=1S/C22H21ClN4OS2/c1-14-6-2-3-7-15(14)25-19(28)11-13-27-21(17-9-10-18(23)30-17)20(26-22(27)29)16-8-4-5-12-24-16/h2-10,12,20-21H,11,13H2,1H3,(H,25,28)(H,26,29)/t20-,21-/m1/s1. The topological polar surface area (TPSA) is 57.3 Å². The fourth-order valence-electron chi connectivity index (χ4n) is 3.59. The minimum Gasteiger partial charge on any atom is -0.352 e. The number of nitrogens with zero attached hydrogens (tertiary/aromatic N) is 2. The molecule has 1 aliphatic rings. The van der Waals surface area contributed by atoms with Crippen LogP contribution in [0.5, 0.6) is 0 Å². The largest absolute Gasteiger partial charge is 0.352 e. The van der Waals surface area contributed by atoms with E-state index in [2.05, 4.69) is 20.5 Å². The van der Waals surface area contributed by atoms with E-state index in [0.29, 0.717) is 18.1 Å². The van der Waals surface area contributed by atoms with Gasteiger partial charge in [0.1, 0.15) is 0 Å². The van der Waals surface area contributed by atoms with Gasteiger partial charge in [0, 0.05) is 29.7 Å². The van der Waals surface area contributed by atoms with Gasteiger partial charge in [-0.05, 0) is 55.0 Å². The first-order valence-corrected chi connectivity index (χ1v) is 11.2. The molecule has 2 atom stereocenters. The van der Waals surface area contributed by atoms with Crippen LogP contribution < -0.4 is 10.6 Å². The molecule has 5 nitrogen and oxygen atoms in total. The van der Waals surface area contributed by atoms with Crippen LogP contribution >= 0.6 is 35.2 Å². The van der Waals surface area contributed by atoms with E-state index in [1.54, 1.807) is 6.20 Å². The van der Waals surface area contributed by atoms with Crippen molar-refractivity contribution in [2.45, 2.75) is 25.4 Å². The number of anilines is 1. The minimum absolute atomic E-state index is 0.0450. The first kappa shape index (κ1) is 20.8. The Bertz CT molecular complexity index is 1060. The van der Waals surface area contributed by atoms with E-state index in [1.807, 2.05) is 61.5 Å². The lowest BCUT2D eigenvalue weighted by molar-refractivity contribution is -0.116. The summed E-state index contributed by atoms with van der Waals surface area (Å²) in [6.45, 7) is 2.47. The van der Waals surface area contributed by atoms with Gasteiger partial charge in [0.2, 0.25) is 5.91 Å².